The zero-order valence-corrected chi connectivity index (χ0v) is 11.2. The van der Waals surface area contributed by atoms with Crippen LogP contribution in [0.5, 0.6) is 0 Å². The number of nitrogens with one attached hydrogen (secondary N) is 1. The van der Waals surface area contributed by atoms with E-state index in [1.165, 1.54) is 10.4 Å². The number of thiophene rings is 1. The van der Waals surface area contributed by atoms with E-state index < -0.39 is 0 Å². The van der Waals surface area contributed by atoms with Crippen LogP contribution in [0.25, 0.3) is 0 Å². The van der Waals surface area contributed by atoms with E-state index in [1.54, 1.807) is 0 Å². The lowest BCUT2D eigenvalue weighted by atomic mass is 10.1. The molecule has 0 fully saturated rings. The van der Waals surface area contributed by atoms with Crippen molar-refractivity contribution in [3.8, 4) is 0 Å². The number of aryl methyl sites for hydroxylation is 1. The normalized spacial score (nSPS) is 12.8. The molecular formula is C13H19N3S. The van der Waals surface area contributed by atoms with Crippen LogP contribution >= 0.6 is 11.3 Å². The molecule has 1 N–H and O–H groups in total. The summed E-state index contributed by atoms with van der Waals surface area (Å²) in [5, 5.41) is 9.96. The molecule has 2 aromatic rings. The molecule has 0 aromatic carbocycles. The van der Waals surface area contributed by atoms with Crippen molar-refractivity contribution < 1.29 is 0 Å². The fraction of sp³-hybridized carbons (Fsp3) is 0.462. The molecule has 0 bridgehead atoms. The van der Waals surface area contributed by atoms with Crippen LogP contribution in [-0.4, -0.2) is 16.3 Å². The molecule has 4 heteroatoms. The van der Waals surface area contributed by atoms with Crippen molar-refractivity contribution in [3.05, 3.63) is 40.3 Å². The summed E-state index contributed by atoms with van der Waals surface area (Å²) in [6.45, 7) is 3.26. The Kier molecular flexibility index (Phi) is 4.34. The van der Waals surface area contributed by atoms with Crippen LogP contribution in [-0.2, 0) is 13.5 Å². The topological polar surface area (TPSA) is 29.9 Å². The van der Waals surface area contributed by atoms with Gasteiger partial charge in [0.05, 0.1) is 6.20 Å². The van der Waals surface area contributed by atoms with Gasteiger partial charge >= 0.3 is 0 Å². The smallest absolute Gasteiger partial charge is 0.0522 e. The lowest BCUT2D eigenvalue weighted by Gasteiger charge is -2.16. The standard InChI is InChI=1S/C13H19N3S/c1-3-6-14-12(13-5-4-7-17-13)8-11-9-15-16(2)10-11/h4-5,7,9-10,12,14H,3,6,8H2,1-2H3. The van der Waals surface area contributed by atoms with E-state index in [2.05, 4.69) is 41.0 Å². The fourth-order valence-electron chi connectivity index (χ4n) is 1.89. The summed E-state index contributed by atoms with van der Waals surface area (Å²) < 4.78 is 1.86. The molecule has 0 amide bonds. The van der Waals surface area contributed by atoms with E-state index in [4.69, 9.17) is 0 Å². The number of nitrogens with zero attached hydrogens (tertiary/aromatic N) is 2. The second kappa shape index (κ2) is 5.98. The quantitative estimate of drug-likeness (QED) is 0.853. The Hall–Kier alpha value is -1.13. The molecule has 17 heavy (non-hydrogen) atoms. The van der Waals surface area contributed by atoms with Crippen LogP contribution in [0.15, 0.2) is 29.9 Å². The fourth-order valence-corrected chi connectivity index (χ4v) is 2.70. The van der Waals surface area contributed by atoms with Crippen molar-refractivity contribution >= 4 is 11.3 Å². The average molecular weight is 249 g/mol. The molecule has 0 aliphatic heterocycles. The molecule has 0 aliphatic carbocycles. The van der Waals surface area contributed by atoms with Crippen LogP contribution in [0.1, 0.15) is 29.8 Å². The van der Waals surface area contributed by atoms with Crippen molar-refractivity contribution in [1.82, 2.24) is 15.1 Å². The van der Waals surface area contributed by atoms with Gasteiger partial charge in [-0.1, -0.05) is 13.0 Å². The third-order valence-corrected chi connectivity index (χ3v) is 3.71. The Morgan fingerprint density at radius 3 is 3.00 bits per heavy atom. The highest BCUT2D eigenvalue weighted by molar-refractivity contribution is 7.10. The highest BCUT2D eigenvalue weighted by atomic mass is 32.1. The van der Waals surface area contributed by atoms with Gasteiger partial charge in [0, 0.05) is 24.2 Å². The Bertz CT molecular complexity index is 433. The summed E-state index contributed by atoms with van der Waals surface area (Å²) in [7, 11) is 1.96. The summed E-state index contributed by atoms with van der Waals surface area (Å²) in [6, 6.07) is 4.73. The summed E-state index contributed by atoms with van der Waals surface area (Å²) in [4.78, 5) is 1.40. The molecule has 3 nitrogen and oxygen atoms in total. The third kappa shape index (κ3) is 3.41. The van der Waals surface area contributed by atoms with E-state index in [0.29, 0.717) is 6.04 Å². The van der Waals surface area contributed by atoms with Crippen molar-refractivity contribution in [2.75, 3.05) is 6.54 Å². The second-order valence-corrected chi connectivity index (χ2v) is 5.23. The maximum absolute atomic E-state index is 4.22. The maximum Gasteiger partial charge on any atom is 0.0522 e. The van der Waals surface area contributed by atoms with Crippen LogP contribution < -0.4 is 5.32 Å². The number of hydrogen-bond acceptors (Lipinski definition) is 3. The van der Waals surface area contributed by atoms with Crippen LogP contribution in [0.2, 0.25) is 0 Å². The SMILES string of the molecule is CCCNC(Cc1cnn(C)c1)c1cccs1. The first-order valence-corrected chi connectivity index (χ1v) is 6.92. The molecule has 2 aromatic heterocycles. The minimum absolute atomic E-state index is 0.416. The van der Waals surface area contributed by atoms with Gasteiger partial charge in [0.15, 0.2) is 0 Å². The van der Waals surface area contributed by atoms with E-state index in [9.17, 15) is 0 Å². The average Bonchev–Trinajstić information content (AvgIpc) is 2.95. The van der Waals surface area contributed by atoms with Crippen molar-refractivity contribution in [2.24, 2.45) is 7.05 Å². The zero-order valence-electron chi connectivity index (χ0n) is 10.4. The number of rotatable bonds is 6. The van der Waals surface area contributed by atoms with Gasteiger partial charge in [-0.15, -0.1) is 11.3 Å². The first-order valence-electron chi connectivity index (χ1n) is 6.04. The van der Waals surface area contributed by atoms with Crippen LogP contribution in [0.3, 0.4) is 0 Å². The molecule has 2 heterocycles. The highest BCUT2D eigenvalue weighted by Crippen LogP contribution is 2.22. The summed E-state index contributed by atoms with van der Waals surface area (Å²) >= 11 is 1.82. The first-order chi connectivity index (χ1) is 8.29. The van der Waals surface area contributed by atoms with E-state index in [0.717, 1.165) is 19.4 Å². The van der Waals surface area contributed by atoms with E-state index in [1.807, 2.05) is 29.3 Å². The molecule has 0 spiro atoms. The Balaban J connectivity index is 2.05. The molecule has 1 unspecified atom stereocenters. The summed E-state index contributed by atoms with van der Waals surface area (Å²) in [6.07, 6.45) is 6.21. The van der Waals surface area contributed by atoms with Crippen molar-refractivity contribution in [1.29, 1.82) is 0 Å². The largest absolute Gasteiger partial charge is 0.309 e. The van der Waals surface area contributed by atoms with Gasteiger partial charge in [-0.3, -0.25) is 4.68 Å². The molecule has 1 atom stereocenters. The Morgan fingerprint density at radius 1 is 1.53 bits per heavy atom. The van der Waals surface area contributed by atoms with Gasteiger partial charge < -0.3 is 5.32 Å². The Labute approximate surface area is 106 Å². The van der Waals surface area contributed by atoms with Gasteiger partial charge in [0.25, 0.3) is 0 Å². The van der Waals surface area contributed by atoms with Gasteiger partial charge in [0.1, 0.15) is 0 Å². The second-order valence-electron chi connectivity index (χ2n) is 4.25. The minimum Gasteiger partial charge on any atom is -0.309 e. The van der Waals surface area contributed by atoms with Gasteiger partial charge in [0.2, 0.25) is 0 Å². The summed E-state index contributed by atoms with van der Waals surface area (Å²) in [5.41, 5.74) is 1.29. The molecule has 0 radical (unpaired) electrons. The monoisotopic (exact) mass is 249 g/mol. The predicted octanol–water partition coefficient (Wildman–Crippen LogP) is 2.77. The molecule has 0 saturated carbocycles. The summed E-state index contributed by atoms with van der Waals surface area (Å²) in [5.74, 6) is 0. The first kappa shape index (κ1) is 12.3. The van der Waals surface area contributed by atoms with Crippen molar-refractivity contribution in [2.45, 2.75) is 25.8 Å². The molecule has 0 saturated heterocycles. The molecule has 0 aliphatic rings. The van der Waals surface area contributed by atoms with Crippen LogP contribution in [0, 0.1) is 0 Å². The highest BCUT2D eigenvalue weighted by Gasteiger charge is 2.13. The zero-order chi connectivity index (χ0) is 12.1. The molecule has 92 valence electrons. The third-order valence-electron chi connectivity index (χ3n) is 2.73. The molecule has 2 rings (SSSR count). The van der Waals surface area contributed by atoms with E-state index in [-0.39, 0.29) is 0 Å². The van der Waals surface area contributed by atoms with Crippen LogP contribution in [0.4, 0.5) is 0 Å². The maximum atomic E-state index is 4.22. The number of aromatic nitrogens is 2. The molecular weight excluding hydrogens is 230 g/mol. The van der Waals surface area contributed by atoms with Gasteiger partial charge in [-0.05, 0) is 36.4 Å². The van der Waals surface area contributed by atoms with Gasteiger partial charge in [-0.2, -0.15) is 5.10 Å². The number of hydrogen-bond donors (Lipinski definition) is 1. The van der Waals surface area contributed by atoms with Crippen molar-refractivity contribution in [3.63, 3.8) is 0 Å². The lowest BCUT2D eigenvalue weighted by Crippen LogP contribution is -2.23. The lowest BCUT2D eigenvalue weighted by molar-refractivity contribution is 0.536. The predicted molar refractivity (Wildman–Crippen MR) is 72.3 cm³/mol. The Morgan fingerprint density at radius 2 is 2.41 bits per heavy atom. The van der Waals surface area contributed by atoms with Gasteiger partial charge in [-0.25, -0.2) is 0 Å². The van der Waals surface area contributed by atoms with E-state index >= 15 is 0 Å². The minimum atomic E-state index is 0.416.